The standard InChI is InChI=1S/C14H20INO/c15-14-5-3-13(4-6-14)11-17-9-7-12-2-1-8-16-10-12/h3-6,12,16H,1-2,7-11H2/t12-/m0/s1. The third-order valence-electron chi connectivity index (χ3n) is 3.25. The van der Waals surface area contributed by atoms with Crippen LogP contribution in [0.25, 0.3) is 0 Å². The molecule has 0 radical (unpaired) electrons. The number of piperidine rings is 1. The van der Waals surface area contributed by atoms with Crippen LogP contribution >= 0.6 is 22.6 Å². The van der Waals surface area contributed by atoms with Crippen LogP contribution in [0.2, 0.25) is 0 Å². The lowest BCUT2D eigenvalue weighted by Gasteiger charge is -2.22. The summed E-state index contributed by atoms with van der Waals surface area (Å²) < 4.78 is 7.01. The number of nitrogens with one attached hydrogen (secondary N) is 1. The summed E-state index contributed by atoms with van der Waals surface area (Å²) in [6.07, 6.45) is 3.87. The second-order valence-electron chi connectivity index (χ2n) is 4.68. The van der Waals surface area contributed by atoms with Crippen LogP contribution < -0.4 is 5.32 Å². The van der Waals surface area contributed by atoms with Gasteiger partial charge in [-0.05, 0) is 78.6 Å². The van der Waals surface area contributed by atoms with E-state index in [0.29, 0.717) is 0 Å². The molecule has 2 rings (SSSR count). The fourth-order valence-corrected chi connectivity index (χ4v) is 2.55. The van der Waals surface area contributed by atoms with Gasteiger partial charge in [-0.3, -0.25) is 0 Å². The van der Waals surface area contributed by atoms with E-state index in [1.807, 2.05) is 0 Å². The normalized spacial score (nSPS) is 20.4. The molecule has 0 spiro atoms. The van der Waals surface area contributed by atoms with Crippen LogP contribution in [0, 0.1) is 9.49 Å². The first kappa shape index (κ1) is 13.3. The first-order valence-corrected chi connectivity index (χ1v) is 7.45. The first-order valence-electron chi connectivity index (χ1n) is 6.37. The molecule has 1 heterocycles. The van der Waals surface area contributed by atoms with Crippen molar-refractivity contribution in [2.75, 3.05) is 19.7 Å². The highest BCUT2D eigenvalue weighted by molar-refractivity contribution is 14.1. The maximum atomic E-state index is 5.73. The van der Waals surface area contributed by atoms with Gasteiger partial charge in [-0.1, -0.05) is 12.1 Å². The van der Waals surface area contributed by atoms with Gasteiger partial charge >= 0.3 is 0 Å². The third kappa shape index (κ3) is 4.94. The number of rotatable bonds is 5. The number of halogens is 1. The summed E-state index contributed by atoms with van der Waals surface area (Å²) >= 11 is 2.32. The molecular weight excluding hydrogens is 325 g/mol. The fraction of sp³-hybridized carbons (Fsp3) is 0.571. The van der Waals surface area contributed by atoms with Crippen molar-refractivity contribution in [3.05, 3.63) is 33.4 Å². The SMILES string of the molecule is Ic1ccc(COCC[C@@H]2CCCNC2)cc1. The molecule has 0 unspecified atom stereocenters. The molecule has 1 aliphatic heterocycles. The molecule has 0 saturated carbocycles. The summed E-state index contributed by atoms with van der Waals surface area (Å²) in [6, 6.07) is 8.54. The molecule has 0 aliphatic carbocycles. The van der Waals surface area contributed by atoms with Gasteiger partial charge in [-0.25, -0.2) is 0 Å². The maximum Gasteiger partial charge on any atom is 0.0716 e. The van der Waals surface area contributed by atoms with E-state index in [0.717, 1.165) is 19.1 Å². The second-order valence-corrected chi connectivity index (χ2v) is 5.93. The zero-order valence-corrected chi connectivity index (χ0v) is 12.3. The Labute approximate surface area is 117 Å². The van der Waals surface area contributed by atoms with Crippen LogP contribution in [0.5, 0.6) is 0 Å². The summed E-state index contributed by atoms with van der Waals surface area (Å²) in [7, 11) is 0. The average molecular weight is 345 g/mol. The monoisotopic (exact) mass is 345 g/mol. The minimum atomic E-state index is 0.747. The van der Waals surface area contributed by atoms with Gasteiger partial charge in [0, 0.05) is 10.2 Å². The van der Waals surface area contributed by atoms with E-state index in [2.05, 4.69) is 52.2 Å². The van der Waals surface area contributed by atoms with Gasteiger partial charge < -0.3 is 10.1 Å². The lowest BCUT2D eigenvalue weighted by atomic mass is 9.97. The Morgan fingerprint density at radius 1 is 1.29 bits per heavy atom. The molecule has 17 heavy (non-hydrogen) atoms. The molecule has 2 nitrogen and oxygen atoms in total. The summed E-state index contributed by atoms with van der Waals surface area (Å²) in [5, 5.41) is 3.44. The first-order chi connectivity index (χ1) is 8.34. The Morgan fingerprint density at radius 3 is 2.82 bits per heavy atom. The van der Waals surface area contributed by atoms with Gasteiger partial charge in [0.25, 0.3) is 0 Å². The van der Waals surface area contributed by atoms with Crippen molar-refractivity contribution >= 4 is 22.6 Å². The van der Waals surface area contributed by atoms with Crippen molar-refractivity contribution < 1.29 is 4.74 Å². The average Bonchev–Trinajstić information content (AvgIpc) is 2.38. The molecule has 1 aromatic carbocycles. The predicted molar refractivity (Wildman–Crippen MR) is 79.0 cm³/mol. The molecule has 94 valence electrons. The number of benzene rings is 1. The van der Waals surface area contributed by atoms with E-state index in [-0.39, 0.29) is 0 Å². The summed E-state index contributed by atoms with van der Waals surface area (Å²) in [6.45, 7) is 4.00. The van der Waals surface area contributed by atoms with Crippen molar-refractivity contribution in [3.8, 4) is 0 Å². The van der Waals surface area contributed by atoms with Crippen molar-refractivity contribution in [3.63, 3.8) is 0 Å². The molecule has 1 aliphatic rings. The van der Waals surface area contributed by atoms with E-state index in [1.165, 1.54) is 41.5 Å². The Morgan fingerprint density at radius 2 is 2.12 bits per heavy atom. The number of ether oxygens (including phenoxy) is 1. The van der Waals surface area contributed by atoms with E-state index in [9.17, 15) is 0 Å². The molecule has 0 amide bonds. The van der Waals surface area contributed by atoms with Gasteiger partial charge in [0.05, 0.1) is 6.61 Å². The van der Waals surface area contributed by atoms with Gasteiger partial charge in [0.15, 0.2) is 0 Å². The minimum absolute atomic E-state index is 0.747. The molecular formula is C14H20INO. The van der Waals surface area contributed by atoms with E-state index < -0.39 is 0 Å². The van der Waals surface area contributed by atoms with Crippen molar-refractivity contribution in [2.45, 2.75) is 25.9 Å². The Balaban J connectivity index is 1.60. The lowest BCUT2D eigenvalue weighted by molar-refractivity contribution is 0.103. The zero-order chi connectivity index (χ0) is 11.9. The lowest BCUT2D eigenvalue weighted by Crippen LogP contribution is -2.30. The summed E-state index contributed by atoms with van der Waals surface area (Å²) in [5.74, 6) is 0.820. The molecule has 3 heteroatoms. The zero-order valence-electron chi connectivity index (χ0n) is 10.1. The van der Waals surface area contributed by atoms with Crippen molar-refractivity contribution in [1.82, 2.24) is 5.32 Å². The molecule has 0 bridgehead atoms. The summed E-state index contributed by atoms with van der Waals surface area (Å²) in [5.41, 5.74) is 1.27. The Kier molecular flexibility index (Phi) is 5.74. The van der Waals surface area contributed by atoms with E-state index in [4.69, 9.17) is 4.74 Å². The predicted octanol–water partition coefficient (Wildman–Crippen LogP) is 3.20. The largest absolute Gasteiger partial charge is 0.377 e. The topological polar surface area (TPSA) is 21.3 Å². The smallest absolute Gasteiger partial charge is 0.0716 e. The number of hydrogen-bond acceptors (Lipinski definition) is 2. The van der Waals surface area contributed by atoms with Crippen LogP contribution in [-0.2, 0) is 11.3 Å². The molecule has 1 atom stereocenters. The minimum Gasteiger partial charge on any atom is -0.377 e. The van der Waals surface area contributed by atoms with Crippen LogP contribution in [0.4, 0.5) is 0 Å². The maximum absolute atomic E-state index is 5.73. The summed E-state index contributed by atoms with van der Waals surface area (Å²) in [4.78, 5) is 0. The quantitative estimate of drug-likeness (QED) is 0.654. The van der Waals surface area contributed by atoms with E-state index in [1.54, 1.807) is 0 Å². The van der Waals surface area contributed by atoms with Gasteiger partial charge in [0.2, 0.25) is 0 Å². The molecule has 1 fully saturated rings. The highest BCUT2D eigenvalue weighted by atomic mass is 127. The van der Waals surface area contributed by atoms with Crippen LogP contribution in [0.1, 0.15) is 24.8 Å². The third-order valence-corrected chi connectivity index (χ3v) is 3.97. The van der Waals surface area contributed by atoms with Gasteiger partial charge in [-0.2, -0.15) is 0 Å². The van der Waals surface area contributed by atoms with E-state index >= 15 is 0 Å². The highest BCUT2D eigenvalue weighted by Crippen LogP contribution is 2.14. The molecule has 1 aromatic rings. The molecule has 1 saturated heterocycles. The molecule has 1 N–H and O–H groups in total. The van der Waals surface area contributed by atoms with Gasteiger partial charge in [0.1, 0.15) is 0 Å². The Hall–Kier alpha value is -0.130. The van der Waals surface area contributed by atoms with Crippen LogP contribution in [0.3, 0.4) is 0 Å². The Bertz CT molecular complexity index is 319. The van der Waals surface area contributed by atoms with Gasteiger partial charge in [-0.15, -0.1) is 0 Å². The second kappa shape index (κ2) is 7.34. The van der Waals surface area contributed by atoms with Crippen LogP contribution in [-0.4, -0.2) is 19.7 Å². The number of hydrogen-bond donors (Lipinski definition) is 1. The van der Waals surface area contributed by atoms with Crippen LogP contribution in [0.15, 0.2) is 24.3 Å². The van der Waals surface area contributed by atoms with Crippen molar-refractivity contribution in [1.29, 1.82) is 0 Å². The van der Waals surface area contributed by atoms with Crippen molar-refractivity contribution in [2.24, 2.45) is 5.92 Å². The molecule has 0 aromatic heterocycles. The fourth-order valence-electron chi connectivity index (χ4n) is 2.19. The highest BCUT2D eigenvalue weighted by Gasteiger charge is 2.12.